The fraction of sp³-hybridized carbons (Fsp3) is 1.00. The third-order valence-corrected chi connectivity index (χ3v) is 5.45. The first-order valence-corrected chi connectivity index (χ1v) is 12.3. The highest BCUT2D eigenvalue weighted by Crippen LogP contribution is 2.37. The van der Waals surface area contributed by atoms with Gasteiger partial charge in [-0.15, -0.1) is 0 Å². The molecular formula is C21H45O4P. The van der Waals surface area contributed by atoms with E-state index in [0.717, 1.165) is 44.9 Å². The average molecular weight is 393 g/mol. The van der Waals surface area contributed by atoms with Gasteiger partial charge in [-0.2, -0.15) is 4.67 Å². The van der Waals surface area contributed by atoms with Crippen LogP contribution >= 0.6 is 8.60 Å². The Kier molecular flexibility index (Phi) is 18.8. The van der Waals surface area contributed by atoms with Gasteiger partial charge in [-0.3, -0.25) is 0 Å². The van der Waals surface area contributed by atoms with Crippen molar-refractivity contribution in [2.24, 2.45) is 0 Å². The largest absolute Gasteiger partial charge is 0.357 e. The Hall–Kier alpha value is 0.270. The van der Waals surface area contributed by atoms with Crippen molar-refractivity contribution in [1.82, 2.24) is 0 Å². The van der Waals surface area contributed by atoms with Crippen molar-refractivity contribution in [3.63, 3.8) is 0 Å². The summed E-state index contributed by atoms with van der Waals surface area (Å²) in [6.07, 6.45) is 20.1. The van der Waals surface area contributed by atoms with Crippen molar-refractivity contribution in [2.45, 2.75) is 136 Å². The Labute approximate surface area is 164 Å². The van der Waals surface area contributed by atoms with Gasteiger partial charge in [0, 0.05) is 0 Å². The monoisotopic (exact) mass is 392 g/mol. The van der Waals surface area contributed by atoms with E-state index in [2.05, 4.69) is 20.8 Å². The molecule has 5 heteroatoms. The van der Waals surface area contributed by atoms with Crippen LogP contribution in [0.2, 0.25) is 0 Å². The smallest absolute Gasteiger partial charge is 0.327 e. The van der Waals surface area contributed by atoms with Crippen molar-refractivity contribution >= 4 is 8.60 Å². The summed E-state index contributed by atoms with van der Waals surface area (Å²) in [5.41, 5.74) is -0.350. The van der Waals surface area contributed by atoms with E-state index in [1.54, 1.807) is 0 Å². The van der Waals surface area contributed by atoms with Crippen LogP contribution in [0, 0.1) is 0 Å². The first-order chi connectivity index (χ1) is 12.6. The molecule has 0 saturated heterocycles. The molecule has 0 aromatic rings. The fourth-order valence-electron chi connectivity index (χ4n) is 3.57. The van der Waals surface area contributed by atoms with Gasteiger partial charge in [0.2, 0.25) is 0 Å². The fourth-order valence-corrected chi connectivity index (χ4v) is 3.79. The maximum Gasteiger partial charge on any atom is 0.357 e. The summed E-state index contributed by atoms with van der Waals surface area (Å²) >= 11 is 0. The zero-order valence-electron chi connectivity index (χ0n) is 17.7. The maximum absolute atomic E-state index is 9.15. The first-order valence-electron chi connectivity index (χ1n) is 11.1. The van der Waals surface area contributed by atoms with Gasteiger partial charge in [0.05, 0.1) is 0 Å². The topological polar surface area (TPSA) is 58.9 Å². The molecule has 0 aliphatic heterocycles. The molecule has 26 heavy (non-hydrogen) atoms. The molecule has 158 valence electrons. The summed E-state index contributed by atoms with van der Waals surface area (Å²) in [5.74, 6) is 0. The van der Waals surface area contributed by atoms with Crippen LogP contribution in [0.1, 0.15) is 130 Å². The van der Waals surface area contributed by atoms with Gasteiger partial charge in [0.15, 0.2) is 0 Å². The molecular weight excluding hydrogens is 347 g/mol. The highest BCUT2D eigenvalue weighted by atomic mass is 31.2. The van der Waals surface area contributed by atoms with Crippen LogP contribution in [0.3, 0.4) is 0 Å². The van der Waals surface area contributed by atoms with Gasteiger partial charge >= 0.3 is 8.60 Å². The van der Waals surface area contributed by atoms with Crippen molar-refractivity contribution in [1.29, 1.82) is 0 Å². The Bertz CT molecular complexity index is 271. The Balaban J connectivity index is 4.49. The first kappa shape index (κ1) is 26.3. The van der Waals surface area contributed by atoms with E-state index < -0.39 is 8.60 Å². The number of hydrogen-bond acceptors (Lipinski definition) is 4. The third kappa shape index (κ3) is 15.3. The van der Waals surface area contributed by atoms with Gasteiger partial charge in [0.25, 0.3) is 0 Å². The van der Waals surface area contributed by atoms with Crippen LogP contribution in [-0.4, -0.2) is 15.4 Å². The zero-order valence-corrected chi connectivity index (χ0v) is 18.6. The van der Waals surface area contributed by atoms with E-state index in [4.69, 9.17) is 19.3 Å². The molecule has 0 bridgehead atoms. The van der Waals surface area contributed by atoms with Crippen molar-refractivity contribution in [2.75, 3.05) is 0 Å². The minimum Gasteiger partial charge on any atom is -0.327 e. The molecule has 0 aliphatic carbocycles. The summed E-state index contributed by atoms with van der Waals surface area (Å²) in [6.45, 7) is 6.67. The van der Waals surface area contributed by atoms with Gasteiger partial charge in [-0.1, -0.05) is 111 Å². The molecule has 0 radical (unpaired) electrons. The average Bonchev–Trinajstić information content (AvgIpc) is 2.63. The van der Waals surface area contributed by atoms with E-state index >= 15 is 0 Å². The highest BCUT2D eigenvalue weighted by Gasteiger charge is 2.32. The normalized spacial score (nSPS) is 12.2. The molecule has 0 saturated carbocycles. The Morgan fingerprint density at radius 1 is 0.577 bits per heavy atom. The Morgan fingerprint density at radius 3 is 1.38 bits per heavy atom. The lowest BCUT2D eigenvalue weighted by Crippen LogP contribution is -2.32. The van der Waals surface area contributed by atoms with Crippen LogP contribution in [0.5, 0.6) is 0 Å². The highest BCUT2D eigenvalue weighted by molar-refractivity contribution is 7.39. The van der Waals surface area contributed by atoms with Crippen LogP contribution in [0.25, 0.3) is 0 Å². The van der Waals surface area contributed by atoms with Crippen LogP contribution in [0.15, 0.2) is 0 Å². The molecule has 0 rings (SSSR count). The molecule has 0 heterocycles. The summed E-state index contributed by atoms with van der Waals surface area (Å²) in [4.78, 5) is 24.0. The summed E-state index contributed by atoms with van der Waals surface area (Å²) in [5, 5.41) is 0. The standard InChI is InChI=1S/C21H45O4P/c1-4-7-10-12-14-16-19-21(18-9-6-3,24-25-26(22)23)20-17-15-13-11-8-5-2/h22-23H,4-20H2,1-3H3. The molecule has 0 fully saturated rings. The quantitative estimate of drug-likeness (QED) is 0.0970. The van der Waals surface area contributed by atoms with E-state index in [0.29, 0.717) is 0 Å². The van der Waals surface area contributed by atoms with E-state index in [1.807, 2.05) is 0 Å². The lowest BCUT2D eigenvalue weighted by Gasteiger charge is -2.32. The second kappa shape index (κ2) is 18.6. The SMILES string of the molecule is CCCCCCCCC(CCCC)(CCCCCCCC)OOP(O)O. The minimum absolute atomic E-state index is 0.350. The van der Waals surface area contributed by atoms with Crippen LogP contribution in [0.4, 0.5) is 0 Å². The number of unbranched alkanes of at least 4 members (excludes halogenated alkanes) is 11. The molecule has 2 N–H and O–H groups in total. The number of hydrogen-bond donors (Lipinski definition) is 2. The van der Waals surface area contributed by atoms with Gasteiger partial charge in [0.1, 0.15) is 5.60 Å². The number of rotatable bonds is 20. The molecule has 4 nitrogen and oxygen atoms in total. The Morgan fingerprint density at radius 2 is 0.962 bits per heavy atom. The van der Waals surface area contributed by atoms with Gasteiger partial charge in [-0.05, 0) is 19.3 Å². The maximum atomic E-state index is 9.15. The van der Waals surface area contributed by atoms with E-state index in [-0.39, 0.29) is 5.60 Å². The molecule has 0 amide bonds. The molecule has 0 aromatic heterocycles. The third-order valence-electron chi connectivity index (χ3n) is 5.24. The lowest BCUT2D eigenvalue weighted by molar-refractivity contribution is -0.304. The molecule has 0 aliphatic rings. The predicted molar refractivity (Wildman–Crippen MR) is 112 cm³/mol. The van der Waals surface area contributed by atoms with E-state index in [9.17, 15) is 0 Å². The van der Waals surface area contributed by atoms with Crippen molar-refractivity contribution in [3.8, 4) is 0 Å². The van der Waals surface area contributed by atoms with Crippen LogP contribution in [-0.2, 0) is 9.56 Å². The second-order valence-electron chi connectivity index (χ2n) is 7.73. The van der Waals surface area contributed by atoms with Crippen molar-refractivity contribution in [3.05, 3.63) is 0 Å². The minimum atomic E-state index is -2.46. The predicted octanol–water partition coefficient (Wildman–Crippen LogP) is 7.58. The summed E-state index contributed by atoms with van der Waals surface area (Å²) < 4.78 is 4.87. The molecule has 0 unspecified atom stereocenters. The molecule has 0 aromatic carbocycles. The second-order valence-corrected chi connectivity index (χ2v) is 8.39. The lowest BCUT2D eigenvalue weighted by atomic mass is 9.85. The summed E-state index contributed by atoms with van der Waals surface area (Å²) in [7, 11) is -2.46. The summed E-state index contributed by atoms with van der Waals surface area (Å²) in [6, 6.07) is 0. The zero-order chi connectivity index (χ0) is 19.5. The van der Waals surface area contributed by atoms with Gasteiger partial charge < -0.3 is 9.79 Å². The molecule has 0 spiro atoms. The van der Waals surface area contributed by atoms with Gasteiger partial charge in [-0.25, -0.2) is 4.89 Å². The van der Waals surface area contributed by atoms with Crippen molar-refractivity contribution < 1.29 is 19.3 Å². The van der Waals surface area contributed by atoms with Crippen LogP contribution < -0.4 is 0 Å². The molecule has 0 atom stereocenters. The van der Waals surface area contributed by atoms with E-state index in [1.165, 1.54) is 64.2 Å².